The molecule has 0 radical (unpaired) electrons. The maximum atomic E-state index is 10.6. The first-order chi connectivity index (χ1) is 5.66. The van der Waals surface area contributed by atoms with Gasteiger partial charge in [0, 0.05) is 18.7 Å². The van der Waals surface area contributed by atoms with Crippen molar-refractivity contribution in [3.63, 3.8) is 0 Å². The Morgan fingerprint density at radius 1 is 1.42 bits per heavy atom. The van der Waals surface area contributed by atoms with E-state index in [4.69, 9.17) is 0 Å². The van der Waals surface area contributed by atoms with Crippen LogP contribution >= 0.6 is 11.8 Å². The molecule has 0 N–H and O–H groups in total. The fourth-order valence-electron chi connectivity index (χ4n) is 0.957. The van der Waals surface area contributed by atoms with Crippen LogP contribution in [0.3, 0.4) is 0 Å². The first kappa shape index (κ1) is 12.0. The highest BCUT2D eigenvalue weighted by Gasteiger charge is 1.98. The van der Waals surface area contributed by atoms with Gasteiger partial charge >= 0.3 is 0 Å². The van der Waals surface area contributed by atoms with Crippen molar-refractivity contribution in [2.75, 3.05) is 32.1 Å². The lowest BCUT2D eigenvalue weighted by Gasteiger charge is -2.14. The normalized spacial score (nSPS) is 10.7. The van der Waals surface area contributed by atoms with Crippen molar-refractivity contribution in [3.8, 4) is 0 Å². The largest absolute Gasteiger partial charge is 0.306 e. The zero-order chi connectivity index (χ0) is 9.40. The van der Waals surface area contributed by atoms with Crippen LogP contribution < -0.4 is 0 Å². The molecular weight excluding hydrogens is 170 g/mol. The Labute approximate surface area is 79.7 Å². The lowest BCUT2D eigenvalue weighted by molar-refractivity contribution is -0.117. The minimum Gasteiger partial charge on any atom is -0.306 e. The molecule has 12 heavy (non-hydrogen) atoms. The van der Waals surface area contributed by atoms with Gasteiger partial charge < -0.3 is 9.69 Å². The molecule has 0 atom stereocenters. The van der Waals surface area contributed by atoms with Gasteiger partial charge in [-0.3, -0.25) is 0 Å². The highest BCUT2D eigenvalue weighted by Crippen LogP contribution is 1.96. The summed E-state index contributed by atoms with van der Waals surface area (Å²) in [4.78, 5) is 12.9. The second kappa shape index (κ2) is 7.62. The summed E-state index contributed by atoms with van der Waals surface area (Å²) in [6.07, 6.45) is 3.84. The molecule has 0 aromatic heterocycles. The molecule has 0 aliphatic heterocycles. The van der Waals surface area contributed by atoms with Crippen LogP contribution in [0.4, 0.5) is 0 Å². The highest BCUT2D eigenvalue weighted by molar-refractivity contribution is 7.98. The van der Waals surface area contributed by atoms with Crippen molar-refractivity contribution in [3.05, 3.63) is 0 Å². The molecule has 0 aromatic carbocycles. The number of carbonyl (C=O) groups excluding carboxylic acids is 1. The summed E-state index contributed by atoms with van der Waals surface area (Å²) < 4.78 is 0. The molecule has 0 rings (SSSR count). The number of thioether (sulfide) groups is 1. The molecule has 0 amide bonds. The van der Waals surface area contributed by atoms with Crippen LogP contribution in [0.15, 0.2) is 0 Å². The van der Waals surface area contributed by atoms with Gasteiger partial charge in [0.1, 0.15) is 5.78 Å². The number of nitrogens with zero attached hydrogens (tertiary/aromatic N) is 1. The fraction of sp³-hybridized carbons (Fsp3) is 0.889. The lowest BCUT2D eigenvalue weighted by atomic mass is 10.2. The predicted octanol–water partition coefficient (Wildman–Crippen LogP) is 1.65. The van der Waals surface area contributed by atoms with E-state index in [1.807, 2.05) is 11.8 Å². The number of hydrogen-bond donors (Lipinski definition) is 0. The van der Waals surface area contributed by atoms with Gasteiger partial charge in [-0.2, -0.15) is 11.8 Å². The van der Waals surface area contributed by atoms with E-state index in [1.54, 1.807) is 6.92 Å². The van der Waals surface area contributed by atoms with Gasteiger partial charge in [-0.05, 0) is 33.2 Å². The summed E-state index contributed by atoms with van der Waals surface area (Å²) in [6, 6.07) is 0. The quantitative estimate of drug-likeness (QED) is 0.607. The molecule has 0 bridgehead atoms. The Balaban J connectivity index is 3.19. The lowest BCUT2D eigenvalue weighted by Crippen LogP contribution is -2.22. The van der Waals surface area contributed by atoms with E-state index in [0.717, 1.165) is 25.9 Å². The van der Waals surface area contributed by atoms with Gasteiger partial charge in [0.2, 0.25) is 0 Å². The van der Waals surface area contributed by atoms with Crippen LogP contribution in [0.1, 0.15) is 19.8 Å². The van der Waals surface area contributed by atoms with Gasteiger partial charge in [0.05, 0.1) is 0 Å². The number of Topliss-reactive ketones (excluding diaryl/α,β-unsaturated/α-hetero) is 1. The van der Waals surface area contributed by atoms with Crippen LogP contribution in [0.5, 0.6) is 0 Å². The Bertz CT molecular complexity index is 128. The van der Waals surface area contributed by atoms with Crippen molar-refractivity contribution in [1.29, 1.82) is 0 Å². The number of rotatable bonds is 7. The van der Waals surface area contributed by atoms with Gasteiger partial charge in [0.15, 0.2) is 0 Å². The summed E-state index contributed by atoms with van der Waals surface area (Å²) in [5.74, 6) is 1.48. The van der Waals surface area contributed by atoms with Gasteiger partial charge in [-0.1, -0.05) is 0 Å². The molecule has 0 saturated heterocycles. The molecule has 0 unspecified atom stereocenters. The summed E-state index contributed by atoms with van der Waals surface area (Å²) in [6.45, 7) is 3.82. The van der Waals surface area contributed by atoms with Crippen LogP contribution in [0.2, 0.25) is 0 Å². The van der Waals surface area contributed by atoms with Crippen molar-refractivity contribution in [2.24, 2.45) is 0 Å². The molecule has 0 aromatic rings. The number of ketones is 1. The van der Waals surface area contributed by atoms with E-state index < -0.39 is 0 Å². The third-order valence-corrected chi connectivity index (χ3v) is 2.34. The fourth-order valence-corrected chi connectivity index (χ4v) is 1.45. The summed E-state index contributed by atoms with van der Waals surface area (Å²) in [7, 11) is 2.11. The Hall–Kier alpha value is -0.0200. The maximum absolute atomic E-state index is 10.6. The zero-order valence-corrected chi connectivity index (χ0v) is 9.12. The molecule has 3 heteroatoms. The SMILES string of the molecule is CSCCN(C)CCCC(C)=O. The van der Waals surface area contributed by atoms with Crippen LogP contribution in [0.25, 0.3) is 0 Å². The van der Waals surface area contributed by atoms with E-state index in [9.17, 15) is 4.79 Å². The zero-order valence-electron chi connectivity index (χ0n) is 8.30. The molecular formula is C9H19NOS. The second-order valence-corrected chi connectivity index (χ2v) is 4.09. The van der Waals surface area contributed by atoms with Gasteiger partial charge in [-0.25, -0.2) is 0 Å². The molecule has 0 spiro atoms. The molecule has 0 fully saturated rings. The highest BCUT2D eigenvalue weighted by atomic mass is 32.2. The molecule has 0 aliphatic rings. The smallest absolute Gasteiger partial charge is 0.129 e. The van der Waals surface area contributed by atoms with Crippen LogP contribution in [-0.4, -0.2) is 42.8 Å². The van der Waals surface area contributed by atoms with Crippen LogP contribution in [-0.2, 0) is 4.79 Å². The minimum absolute atomic E-state index is 0.299. The summed E-state index contributed by atoms with van der Waals surface area (Å²) in [5.41, 5.74) is 0. The van der Waals surface area contributed by atoms with Crippen LogP contribution in [0, 0.1) is 0 Å². The molecule has 0 heterocycles. The first-order valence-corrected chi connectivity index (χ1v) is 5.73. The summed E-state index contributed by atoms with van der Waals surface area (Å²) in [5, 5.41) is 0. The molecule has 0 aliphatic carbocycles. The standard InChI is InChI=1S/C9H19NOS/c1-9(11)5-4-6-10(2)7-8-12-3/h4-8H2,1-3H3. The molecule has 0 saturated carbocycles. The van der Waals surface area contributed by atoms with Gasteiger partial charge in [0.25, 0.3) is 0 Å². The van der Waals surface area contributed by atoms with Gasteiger partial charge in [-0.15, -0.1) is 0 Å². The third-order valence-electron chi connectivity index (χ3n) is 1.75. The number of carbonyl (C=O) groups is 1. The second-order valence-electron chi connectivity index (χ2n) is 3.10. The predicted molar refractivity (Wildman–Crippen MR) is 55.8 cm³/mol. The number of hydrogen-bond acceptors (Lipinski definition) is 3. The Kier molecular flexibility index (Phi) is 7.61. The maximum Gasteiger partial charge on any atom is 0.129 e. The van der Waals surface area contributed by atoms with E-state index in [1.165, 1.54) is 5.75 Å². The van der Waals surface area contributed by atoms with E-state index in [-0.39, 0.29) is 0 Å². The van der Waals surface area contributed by atoms with E-state index >= 15 is 0 Å². The van der Waals surface area contributed by atoms with Crippen molar-refractivity contribution in [1.82, 2.24) is 4.90 Å². The van der Waals surface area contributed by atoms with E-state index in [2.05, 4.69) is 18.2 Å². The first-order valence-electron chi connectivity index (χ1n) is 4.33. The minimum atomic E-state index is 0.299. The monoisotopic (exact) mass is 189 g/mol. The molecule has 2 nitrogen and oxygen atoms in total. The van der Waals surface area contributed by atoms with Crippen molar-refractivity contribution in [2.45, 2.75) is 19.8 Å². The molecule has 72 valence electrons. The Morgan fingerprint density at radius 2 is 2.08 bits per heavy atom. The topological polar surface area (TPSA) is 20.3 Å². The third kappa shape index (κ3) is 8.08. The average molecular weight is 189 g/mol. The van der Waals surface area contributed by atoms with E-state index in [0.29, 0.717) is 5.78 Å². The average Bonchev–Trinajstić information content (AvgIpc) is 2.00. The van der Waals surface area contributed by atoms with Crippen molar-refractivity contribution >= 4 is 17.5 Å². The Morgan fingerprint density at radius 3 is 2.58 bits per heavy atom. The summed E-state index contributed by atoms with van der Waals surface area (Å²) >= 11 is 1.86. The van der Waals surface area contributed by atoms with Crippen molar-refractivity contribution < 1.29 is 4.79 Å².